The molecule has 0 spiro atoms. The highest BCUT2D eigenvalue weighted by atomic mass is 16.4. The monoisotopic (exact) mass is 420 g/mol. The Morgan fingerprint density at radius 1 is 0.844 bits per heavy atom. The summed E-state index contributed by atoms with van der Waals surface area (Å²) in [5, 5.41) is 12.8. The molecule has 0 aliphatic heterocycles. The van der Waals surface area contributed by atoms with E-state index in [1.54, 1.807) is 12.1 Å². The maximum atomic E-state index is 13.0. The third kappa shape index (κ3) is 4.19. The van der Waals surface area contributed by atoms with Crippen molar-refractivity contribution in [2.24, 2.45) is 0 Å². The predicted molar refractivity (Wildman–Crippen MR) is 127 cm³/mol. The molecule has 158 valence electrons. The van der Waals surface area contributed by atoms with Gasteiger partial charge >= 0.3 is 0 Å². The number of anilines is 1. The first kappa shape index (κ1) is 21.1. The molecule has 0 atom stereocenters. The topological polar surface area (TPSA) is 66.0 Å². The molecule has 0 aliphatic carbocycles. The number of rotatable bonds is 4. The van der Waals surface area contributed by atoms with Gasteiger partial charge in [-0.2, -0.15) is 5.26 Å². The quantitative estimate of drug-likeness (QED) is 0.385. The van der Waals surface area contributed by atoms with E-state index >= 15 is 0 Å². The van der Waals surface area contributed by atoms with Crippen molar-refractivity contribution in [1.82, 2.24) is 0 Å². The molecule has 1 aromatic heterocycles. The second-order valence-electron chi connectivity index (χ2n) is 8.64. The Labute approximate surface area is 188 Å². The molecular weight excluding hydrogens is 396 g/mol. The summed E-state index contributed by atoms with van der Waals surface area (Å²) in [6, 6.07) is 28.9. The Balaban J connectivity index is 1.76. The van der Waals surface area contributed by atoms with E-state index < -0.39 is 0 Å². The second kappa shape index (κ2) is 8.56. The Morgan fingerprint density at radius 2 is 1.41 bits per heavy atom. The van der Waals surface area contributed by atoms with Crippen molar-refractivity contribution in [2.45, 2.75) is 26.2 Å². The maximum Gasteiger partial charge on any atom is 0.258 e. The fourth-order valence-electron chi connectivity index (χ4n) is 3.60. The molecule has 4 rings (SSSR count). The van der Waals surface area contributed by atoms with Gasteiger partial charge in [-0.05, 0) is 28.7 Å². The van der Waals surface area contributed by atoms with Crippen LogP contribution < -0.4 is 5.32 Å². The van der Waals surface area contributed by atoms with Gasteiger partial charge in [0.25, 0.3) is 5.91 Å². The first-order valence-electron chi connectivity index (χ1n) is 10.5. The van der Waals surface area contributed by atoms with Gasteiger partial charge in [-0.1, -0.05) is 93.6 Å². The lowest BCUT2D eigenvalue weighted by atomic mass is 9.87. The molecule has 4 aromatic rings. The molecule has 0 aliphatic rings. The number of nitriles is 1. The minimum Gasteiger partial charge on any atom is -0.438 e. The molecule has 1 N–H and O–H groups in total. The highest BCUT2D eigenvalue weighted by Crippen LogP contribution is 2.41. The average molecular weight is 421 g/mol. The molecule has 1 heterocycles. The number of nitrogens with zero attached hydrogens (tertiary/aromatic N) is 1. The van der Waals surface area contributed by atoms with Gasteiger partial charge in [-0.3, -0.25) is 10.1 Å². The zero-order valence-electron chi connectivity index (χ0n) is 18.3. The SMILES string of the molecule is CC(C)(C)c1ccc(C(=O)Nc2oc(-c3ccccc3)c(-c3ccccc3)c2C#N)cc1. The molecule has 0 bridgehead atoms. The van der Waals surface area contributed by atoms with E-state index in [1.165, 1.54) is 0 Å². The summed E-state index contributed by atoms with van der Waals surface area (Å²) in [6.07, 6.45) is 0. The van der Waals surface area contributed by atoms with Crippen LogP contribution in [-0.2, 0) is 5.41 Å². The van der Waals surface area contributed by atoms with Crippen LogP contribution in [0.3, 0.4) is 0 Å². The number of hydrogen-bond acceptors (Lipinski definition) is 3. The Bertz CT molecular complexity index is 1270. The number of carbonyl (C=O) groups excluding carboxylic acids is 1. The smallest absolute Gasteiger partial charge is 0.258 e. The van der Waals surface area contributed by atoms with Crippen molar-refractivity contribution in [3.05, 3.63) is 102 Å². The first-order valence-corrected chi connectivity index (χ1v) is 10.5. The van der Waals surface area contributed by atoms with E-state index in [0.717, 1.165) is 16.7 Å². The van der Waals surface area contributed by atoms with Gasteiger partial charge < -0.3 is 4.42 Å². The Hall–Kier alpha value is -4.10. The number of nitrogens with one attached hydrogen (secondary N) is 1. The summed E-state index contributed by atoms with van der Waals surface area (Å²) in [5.74, 6) is 0.372. The van der Waals surface area contributed by atoms with E-state index in [4.69, 9.17) is 4.42 Å². The molecule has 0 fully saturated rings. The highest BCUT2D eigenvalue weighted by Gasteiger charge is 2.24. The van der Waals surface area contributed by atoms with Crippen LogP contribution in [0.5, 0.6) is 0 Å². The third-order valence-corrected chi connectivity index (χ3v) is 5.36. The van der Waals surface area contributed by atoms with Crippen LogP contribution in [0, 0.1) is 11.3 Å². The molecule has 0 saturated heterocycles. The fraction of sp³-hybridized carbons (Fsp3) is 0.143. The zero-order valence-corrected chi connectivity index (χ0v) is 18.3. The van der Waals surface area contributed by atoms with E-state index in [0.29, 0.717) is 22.5 Å². The van der Waals surface area contributed by atoms with Gasteiger partial charge in [-0.25, -0.2) is 0 Å². The van der Waals surface area contributed by atoms with Crippen LogP contribution in [0.1, 0.15) is 42.3 Å². The molecule has 0 radical (unpaired) electrons. The molecule has 4 nitrogen and oxygen atoms in total. The Kier molecular flexibility index (Phi) is 5.66. The van der Waals surface area contributed by atoms with E-state index in [1.807, 2.05) is 72.8 Å². The van der Waals surface area contributed by atoms with Gasteiger partial charge in [0.1, 0.15) is 17.4 Å². The number of benzene rings is 3. The fourth-order valence-corrected chi connectivity index (χ4v) is 3.60. The highest BCUT2D eigenvalue weighted by molar-refractivity contribution is 6.05. The van der Waals surface area contributed by atoms with Crippen LogP contribution in [-0.4, -0.2) is 5.91 Å². The number of carbonyl (C=O) groups is 1. The van der Waals surface area contributed by atoms with Crippen LogP contribution >= 0.6 is 0 Å². The van der Waals surface area contributed by atoms with Crippen LogP contribution in [0.4, 0.5) is 5.88 Å². The standard InChI is InChI=1S/C28H24N2O2/c1-28(2,3)22-16-14-21(15-17-22)26(31)30-27-23(18-29)24(19-10-6-4-7-11-19)25(32-27)20-12-8-5-9-13-20/h4-17H,1-3H3,(H,30,31). The van der Waals surface area contributed by atoms with Crippen LogP contribution in [0.25, 0.3) is 22.5 Å². The maximum absolute atomic E-state index is 13.0. The van der Waals surface area contributed by atoms with Crippen molar-refractivity contribution in [3.63, 3.8) is 0 Å². The number of amides is 1. The van der Waals surface area contributed by atoms with Crippen molar-refractivity contribution in [1.29, 1.82) is 5.26 Å². The normalized spacial score (nSPS) is 11.1. The van der Waals surface area contributed by atoms with Gasteiger partial charge in [0, 0.05) is 16.7 Å². The second-order valence-corrected chi connectivity index (χ2v) is 8.64. The van der Waals surface area contributed by atoms with Crippen molar-refractivity contribution >= 4 is 11.8 Å². The van der Waals surface area contributed by atoms with Gasteiger partial charge in [0.05, 0.1) is 0 Å². The number of furan rings is 1. The molecule has 1 amide bonds. The van der Waals surface area contributed by atoms with Crippen LogP contribution in [0.15, 0.2) is 89.3 Å². The lowest BCUT2D eigenvalue weighted by Crippen LogP contribution is -2.14. The van der Waals surface area contributed by atoms with E-state index in [2.05, 4.69) is 32.2 Å². The van der Waals surface area contributed by atoms with Gasteiger partial charge in [0.2, 0.25) is 5.88 Å². The molecular formula is C28H24N2O2. The van der Waals surface area contributed by atoms with Crippen molar-refractivity contribution in [2.75, 3.05) is 5.32 Å². The molecule has 0 saturated carbocycles. The largest absolute Gasteiger partial charge is 0.438 e. The third-order valence-electron chi connectivity index (χ3n) is 5.36. The predicted octanol–water partition coefficient (Wildman–Crippen LogP) is 7.04. The zero-order chi connectivity index (χ0) is 22.7. The van der Waals surface area contributed by atoms with E-state index in [9.17, 15) is 10.1 Å². The average Bonchev–Trinajstić information content (AvgIpc) is 3.17. The molecule has 3 aromatic carbocycles. The minimum atomic E-state index is -0.324. The van der Waals surface area contributed by atoms with E-state index in [-0.39, 0.29) is 17.2 Å². The summed E-state index contributed by atoms with van der Waals surface area (Å²) < 4.78 is 6.09. The number of hydrogen-bond donors (Lipinski definition) is 1. The summed E-state index contributed by atoms with van der Waals surface area (Å²) in [4.78, 5) is 13.0. The Morgan fingerprint density at radius 3 is 1.94 bits per heavy atom. The van der Waals surface area contributed by atoms with Gasteiger partial charge in [0.15, 0.2) is 0 Å². The lowest BCUT2D eigenvalue weighted by Gasteiger charge is -2.18. The summed E-state index contributed by atoms with van der Waals surface area (Å²) in [5.41, 5.74) is 4.29. The first-order chi connectivity index (χ1) is 15.4. The van der Waals surface area contributed by atoms with Gasteiger partial charge in [-0.15, -0.1) is 0 Å². The molecule has 32 heavy (non-hydrogen) atoms. The summed E-state index contributed by atoms with van der Waals surface area (Å²) in [6.45, 7) is 6.38. The summed E-state index contributed by atoms with van der Waals surface area (Å²) in [7, 11) is 0. The van der Waals surface area contributed by atoms with Crippen molar-refractivity contribution in [3.8, 4) is 28.5 Å². The molecule has 4 heteroatoms. The summed E-state index contributed by atoms with van der Waals surface area (Å²) >= 11 is 0. The van der Waals surface area contributed by atoms with Crippen molar-refractivity contribution < 1.29 is 9.21 Å². The lowest BCUT2D eigenvalue weighted by molar-refractivity contribution is 0.102. The minimum absolute atomic E-state index is 0.000828. The van der Waals surface area contributed by atoms with Crippen LogP contribution in [0.2, 0.25) is 0 Å². The molecule has 0 unspecified atom stereocenters.